The molecule has 1 saturated heterocycles. The summed E-state index contributed by atoms with van der Waals surface area (Å²) in [5.74, 6) is 0.353. The van der Waals surface area contributed by atoms with E-state index in [9.17, 15) is 4.79 Å². The number of carbonyl (C=O) groups excluding carboxylic acids is 1. The molecule has 4 heteroatoms. The first-order chi connectivity index (χ1) is 11.1. The molecule has 2 atom stereocenters. The molecule has 1 N–H and O–H groups in total. The van der Waals surface area contributed by atoms with Crippen LogP contribution in [0, 0.1) is 5.92 Å². The van der Waals surface area contributed by atoms with Gasteiger partial charge in [-0.2, -0.15) is 0 Å². The summed E-state index contributed by atoms with van der Waals surface area (Å²) in [6, 6.07) is 10.2. The van der Waals surface area contributed by atoms with Crippen LogP contribution in [0.4, 0.5) is 0 Å². The normalized spacial score (nSPS) is 19.3. The van der Waals surface area contributed by atoms with Crippen molar-refractivity contribution < 1.29 is 9.53 Å². The van der Waals surface area contributed by atoms with Crippen molar-refractivity contribution in [3.05, 3.63) is 35.9 Å². The zero-order valence-electron chi connectivity index (χ0n) is 14.6. The van der Waals surface area contributed by atoms with E-state index in [2.05, 4.69) is 24.1 Å². The Morgan fingerprint density at radius 1 is 1.35 bits per heavy atom. The van der Waals surface area contributed by atoms with E-state index in [-0.39, 0.29) is 12.0 Å². The van der Waals surface area contributed by atoms with Crippen molar-refractivity contribution in [1.29, 1.82) is 0 Å². The minimum absolute atomic E-state index is 0.108. The van der Waals surface area contributed by atoms with Gasteiger partial charge in [-0.05, 0) is 44.3 Å². The van der Waals surface area contributed by atoms with E-state index in [0.29, 0.717) is 18.6 Å². The molecular formula is C19H30N2O2. The second-order valence-corrected chi connectivity index (χ2v) is 6.97. The fraction of sp³-hybridized carbons (Fsp3) is 0.632. The first-order valence-electron chi connectivity index (χ1n) is 8.70. The summed E-state index contributed by atoms with van der Waals surface area (Å²) in [4.78, 5) is 14.7. The van der Waals surface area contributed by atoms with E-state index in [1.165, 1.54) is 12.8 Å². The summed E-state index contributed by atoms with van der Waals surface area (Å²) in [5.41, 5.74) is 1.03. The molecule has 1 aromatic carbocycles. The zero-order chi connectivity index (χ0) is 16.7. The van der Waals surface area contributed by atoms with E-state index in [0.717, 1.165) is 25.1 Å². The molecule has 1 fully saturated rings. The largest absolute Gasteiger partial charge is 0.460 e. The van der Waals surface area contributed by atoms with Gasteiger partial charge >= 0.3 is 5.97 Å². The molecule has 4 nitrogen and oxygen atoms in total. The summed E-state index contributed by atoms with van der Waals surface area (Å²) >= 11 is 0. The van der Waals surface area contributed by atoms with Crippen molar-refractivity contribution in [1.82, 2.24) is 10.2 Å². The summed E-state index contributed by atoms with van der Waals surface area (Å²) in [6.07, 6.45) is 3.25. The molecule has 0 aliphatic carbocycles. The monoisotopic (exact) mass is 318 g/mol. The lowest BCUT2D eigenvalue weighted by molar-refractivity contribution is -0.151. The van der Waals surface area contributed by atoms with Crippen molar-refractivity contribution in [2.75, 3.05) is 20.1 Å². The second-order valence-electron chi connectivity index (χ2n) is 6.97. The van der Waals surface area contributed by atoms with Crippen LogP contribution in [-0.2, 0) is 16.1 Å². The molecule has 0 amide bonds. The highest BCUT2D eigenvalue weighted by Crippen LogP contribution is 2.16. The van der Waals surface area contributed by atoms with Gasteiger partial charge in [-0.3, -0.25) is 9.69 Å². The third kappa shape index (κ3) is 5.96. The standard InChI is InChI=1S/C19H30N2O2/c1-15(2)12-18(21(3)13-17-10-7-11-20-17)19(22)23-14-16-8-5-4-6-9-16/h4-6,8-9,15,17-18,20H,7,10-14H2,1-3H3/t17-,18?/m0/s1. The molecule has 1 aromatic rings. The molecule has 2 rings (SSSR count). The summed E-state index contributed by atoms with van der Waals surface area (Å²) in [6.45, 7) is 6.64. The smallest absolute Gasteiger partial charge is 0.323 e. The molecule has 23 heavy (non-hydrogen) atoms. The quantitative estimate of drug-likeness (QED) is 0.748. The number of benzene rings is 1. The van der Waals surface area contributed by atoms with Crippen molar-refractivity contribution in [3.8, 4) is 0 Å². The highest BCUT2D eigenvalue weighted by molar-refractivity contribution is 5.75. The van der Waals surface area contributed by atoms with Crippen molar-refractivity contribution in [2.24, 2.45) is 5.92 Å². The second kappa shape index (κ2) is 9.04. The van der Waals surface area contributed by atoms with Gasteiger partial charge in [0, 0.05) is 12.6 Å². The van der Waals surface area contributed by atoms with E-state index in [1.807, 2.05) is 37.4 Å². The summed E-state index contributed by atoms with van der Waals surface area (Å²) in [5, 5.41) is 3.50. The van der Waals surface area contributed by atoms with Gasteiger partial charge in [0.1, 0.15) is 12.6 Å². The lowest BCUT2D eigenvalue weighted by Crippen LogP contribution is -2.46. The summed E-state index contributed by atoms with van der Waals surface area (Å²) in [7, 11) is 2.04. The van der Waals surface area contributed by atoms with Gasteiger partial charge in [-0.25, -0.2) is 0 Å². The van der Waals surface area contributed by atoms with E-state index >= 15 is 0 Å². The first-order valence-corrected chi connectivity index (χ1v) is 8.70. The maximum absolute atomic E-state index is 12.6. The third-order valence-electron chi connectivity index (χ3n) is 4.39. The molecule has 0 aromatic heterocycles. The Hall–Kier alpha value is -1.39. The number of hydrogen-bond donors (Lipinski definition) is 1. The minimum atomic E-state index is -0.166. The molecule has 1 unspecified atom stereocenters. The fourth-order valence-electron chi connectivity index (χ4n) is 3.11. The van der Waals surface area contributed by atoms with Crippen LogP contribution in [0.1, 0.15) is 38.7 Å². The average molecular weight is 318 g/mol. The number of esters is 1. The lowest BCUT2D eigenvalue weighted by atomic mass is 10.0. The number of nitrogens with zero attached hydrogens (tertiary/aromatic N) is 1. The van der Waals surface area contributed by atoms with Gasteiger partial charge in [0.25, 0.3) is 0 Å². The van der Waals surface area contributed by atoms with Crippen LogP contribution in [0.3, 0.4) is 0 Å². The van der Waals surface area contributed by atoms with Crippen LogP contribution in [-0.4, -0.2) is 43.1 Å². The predicted octanol–water partition coefficient (Wildman–Crippen LogP) is 2.83. The molecule has 128 valence electrons. The number of nitrogens with one attached hydrogen (secondary N) is 1. The Morgan fingerprint density at radius 2 is 2.09 bits per heavy atom. The van der Waals surface area contributed by atoms with Gasteiger partial charge in [0.05, 0.1) is 0 Å². The maximum atomic E-state index is 12.6. The SMILES string of the molecule is CC(C)CC(C(=O)OCc1ccccc1)N(C)C[C@@H]1CCCN1. The van der Waals surface area contributed by atoms with Gasteiger partial charge < -0.3 is 10.1 Å². The first kappa shape index (κ1) is 18.0. The minimum Gasteiger partial charge on any atom is -0.460 e. The number of ether oxygens (including phenoxy) is 1. The van der Waals surface area contributed by atoms with E-state index in [4.69, 9.17) is 4.74 Å². The number of rotatable bonds is 8. The average Bonchev–Trinajstić information content (AvgIpc) is 3.04. The molecule has 0 bridgehead atoms. The molecule has 1 aliphatic rings. The summed E-state index contributed by atoms with van der Waals surface area (Å²) < 4.78 is 5.58. The van der Waals surface area contributed by atoms with Crippen molar-refractivity contribution in [2.45, 2.75) is 51.8 Å². The van der Waals surface area contributed by atoms with Crippen LogP contribution >= 0.6 is 0 Å². The number of carbonyl (C=O) groups is 1. The van der Waals surface area contributed by atoms with Gasteiger partial charge in [-0.1, -0.05) is 44.2 Å². The lowest BCUT2D eigenvalue weighted by Gasteiger charge is -2.29. The maximum Gasteiger partial charge on any atom is 0.323 e. The Morgan fingerprint density at radius 3 is 2.70 bits per heavy atom. The highest BCUT2D eigenvalue weighted by Gasteiger charge is 2.28. The van der Waals surface area contributed by atoms with Crippen LogP contribution in [0.15, 0.2) is 30.3 Å². The van der Waals surface area contributed by atoms with Crippen LogP contribution < -0.4 is 5.32 Å². The molecular weight excluding hydrogens is 288 g/mol. The Balaban J connectivity index is 1.91. The Kier molecular flexibility index (Phi) is 7.06. The predicted molar refractivity (Wildman–Crippen MR) is 93.1 cm³/mol. The molecule has 0 radical (unpaired) electrons. The third-order valence-corrected chi connectivity index (χ3v) is 4.39. The number of hydrogen-bond acceptors (Lipinski definition) is 4. The molecule has 0 saturated carbocycles. The van der Waals surface area contributed by atoms with Crippen LogP contribution in [0.2, 0.25) is 0 Å². The van der Waals surface area contributed by atoms with Crippen LogP contribution in [0.5, 0.6) is 0 Å². The molecule has 0 spiro atoms. The topological polar surface area (TPSA) is 41.6 Å². The van der Waals surface area contributed by atoms with Gasteiger partial charge in [-0.15, -0.1) is 0 Å². The van der Waals surface area contributed by atoms with Crippen molar-refractivity contribution >= 4 is 5.97 Å². The fourth-order valence-corrected chi connectivity index (χ4v) is 3.11. The Labute approximate surface area is 140 Å². The zero-order valence-corrected chi connectivity index (χ0v) is 14.6. The van der Waals surface area contributed by atoms with Gasteiger partial charge in [0.15, 0.2) is 0 Å². The van der Waals surface area contributed by atoms with Crippen LogP contribution in [0.25, 0.3) is 0 Å². The Bertz CT molecular complexity index is 470. The van der Waals surface area contributed by atoms with E-state index < -0.39 is 0 Å². The van der Waals surface area contributed by atoms with E-state index in [1.54, 1.807) is 0 Å². The number of likely N-dealkylation sites (N-methyl/N-ethyl adjacent to an activating group) is 1. The highest BCUT2D eigenvalue weighted by atomic mass is 16.5. The molecule has 1 aliphatic heterocycles. The van der Waals surface area contributed by atoms with Gasteiger partial charge in [0.2, 0.25) is 0 Å². The van der Waals surface area contributed by atoms with Crippen molar-refractivity contribution in [3.63, 3.8) is 0 Å². The molecule has 1 heterocycles.